The van der Waals surface area contributed by atoms with Crippen LogP contribution in [0.5, 0.6) is 0 Å². The molecule has 0 bridgehead atoms. The molecule has 0 saturated heterocycles. The van der Waals surface area contributed by atoms with Gasteiger partial charge in [0.25, 0.3) is 17.2 Å². The average molecular weight is 327 g/mol. The van der Waals surface area contributed by atoms with E-state index in [1.807, 2.05) is 10.3 Å². The Labute approximate surface area is 125 Å². The van der Waals surface area contributed by atoms with Gasteiger partial charge in [0.15, 0.2) is 0 Å². The summed E-state index contributed by atoms with van der Waals surface area (Å²) >= 11 is 0. The van der Waals surface area contributed by atoms with E-state index in [2.05, 4.69) is 0 Å². The maximum atomic E-state index is 12.6. The van der Waals surface area contributed by atoms with Crippen molar-refractivity contribution in [2.45, 2.75) is 6.18 Å². The molecule has 0 saturated carbocycles. The minimum atomic E-state index is -4.72. The van der Waals surface area contributed by atoms with Crippen LogP contribution in [0.2, 0.25) is 0 Å². The number of para-hydroxylation sites is 1. The average Bonchev–Trinajstić information content (AvgIpc) is 2.48. The number of amides is 1. The minimum absolute atomic E-state index is 0.380. The molecule has 0 spiro atoms. The third kappa shape index (κ3) is 3.54. The van der Waals surface area contributed by atoms with E-state index in [0.717, 1.165) is 12.1 Å². The number of anilines is 1. The lowest BCUT2D eigenvalue weighted by Crippen LogP contribution is -2.22. The molecule has 0 fully saturated rings. The third-order valence-electron chi connectivity index (χ3n) is 2.82. The van der Waals surface area contributed by atoms with Gasteiger partial charge >= 0.3 is 6.18 Å². The van der Waals surface area contributed by atoms with Gasteiger partial charge in [-0.2, -0.15) is 13.2 Å². The van der Waals surface area contributed by atoms with Crippen molar-refractivity contribution >= 4 is 17.3 Å². The van der Waals surface area contributed by atoms with Crippen molar-refractivity contribution in [2.24, 2.45) is 0 Å². The van der Waals surface area contributed by atoms with Crippen LogP contribution in [0.3, 0.4) is 0 Å². The van der Waals surface area contributed by atoms with Gasteiger partial charge in [0.05, 0.1) is 10.5 Å². The van der Waals surface area contributed by atoms with Crippen LogP contribution in [-0.4, -0.2) is 15.8 Å². The summed E-state index contributed by atoms with van der Waals surface area (Å²) in [4.78, 5) is 35.4. The number of nitro benzene ring substituents is 1. The van der Waals surface area contributed by atoms with Gasteiger partial charge in [-0.25, -0.2) is 0 Å². The highest BCUT2D eigenvalue weighted by Gasteiger charge is 2.31. The molecule has 10 heteroatoms. The molecule has 1 heterocycles. The van der Waals surface area contributed by atoms with E-state index in [-0.39, 0.29) is 5.56 Å². The van der Waals surface area contributed by atoms with Crippen LogP contribution in [0.15, 0.2) is 41.3 Å². The van der Waals surface area contributed by atoms with Crippen molar-refractivity contribution in [3.05, 3.63) is 68.1 Å². The Kier molecular flexibility index (Phi) is 4.16. The van der Waals surface area contributed by atoms with E-state index in [1.165, 1.54) is 12.1 Å². The summed E-state index contributed by atoms with van der Waals surface area (Å²) in [5.41, 5.74) is -3.72. The van der Waals surface area contributed by atoms with Crippen LogP contribution >= 0.6 is 0 Å². The number of benzene rings is 1. The molecular weight excluding hydrogens is 319 g/mol. The summed E-state index contributed by atoms with van der Waals surface area (Å²) in [6, 6.07) is 5.30. The van der Waals surface area contributed by atoms with E-state index in [1.54, 1.807) is 0 Å². The van der Waals surface area contributed by atoms with Crippen LogP contribution in [0, 0.1) is 10.1 Å². The molecule has 0 aliphatic heterocycles. The molecule has 0 aliphatic carbocycles. The highest BCUT2D eigenvalue weighted by molar-refractivity contribution is 6.06. The molecule has 2 rings (SSSR count). The molecule has 0 atom stereocenters. The molecule has 0 radical (unpaired) electrons. The Hall–Kier alpha value is -3.17. The zero-order valence-electron chi connectivity index (χ0n) is 11.2. The molecule has 7 nitrogen and oxygen atoms in total. The van der Waals surface area contributed by atoms with E-state index < -0.39 is 39.5 Å². The normalized spacial score (nSPS) is 11.1. The summed E-state index contributed by atoms with van der Waals surface area (Å²) in [6.07, 6.45) is -4.26. The van der Waals surface area contributed by atoms with E-state index in [0.29, 0.717) is 12.3 Å². The first kappa shape index (κ1) is 16.2. The summed E-state index contributed by atoms with van der Waals surface area (Å²) in [5, 5.41) is 12.8. The number of halogens is 3. The fraction of sp³-hybridized carbons (Fsp3) is 0.0769. The largest absolute Gasteiger partial charge is 0.417 e. The number of carbonyl (C=O) groups excluding carboxylic acids is 1. The number of aromatic amines is 1. The number of pyridine rings is 1. The molecular formula is C13H8F3N3O4. The number of nitrogens with zero attached hydrogens (tertiary/aromatic N) is 1. The van der Waals surface area contributed by atoms with Crippen molar-refractivity contribution in [1.82, 2.24) is 4.98 Å². The molecule has 23 heavy (non-hydrogen) atoms. The van der Waals surface area contributed by atoms with Gasteiger partial charge in [-0.05, 0) is 12.1 Å². The Morgan fingerprint density at radius 3 is 2.52 bits per heavy atom. The van der Waals surface area contributed by atoms with Crippen molar-refractivity contribution in [1.29, 1.82) is 0 Å². The van der Waals surface area contributed by atoms with Gasteiger partial charge < -0.3 is 10.3 Å². The Morgan fingerprint density at radius 2 is 1.91 bits per heavy atom. The van der Waals surface area contributed by atoms with Gasteiger partial charge in [-0.1, -0.05) is 12.1 Å². The molecule has 1 aromatic carbocycles. The van der Waals surface area contributed by atoms with Crippen LogP contribution < -0.4 is 10.9 Å². The van der Waals surface area contributed by atoms with Gasteiger partial charge in [0, 0.05) is 12.3 Å². The third-order valence-corrected chi connectivity index (χ3v) is 2.82. The minimum Gasteiger partial charge on any atom is -0.327 e. The monoisotopic (exact) mass is 327 g/mol. The van der Waals surface area contributed by atoms with Crippen molar-refractivity contribution < 1.29 is 22.9 Å². The highest BCUT2D eigenvalue weighted by atomic mass is 19.4. The number of hydrogen-bond acceptors (Lipinski definition) is 4. The predicted octanol–water partition coefficient (Wildman–Crippen LogP) is 2.55. The standard InChI is InChI=1S/C13H8F3N3O4/c14-13(15,16)7-5-9(12(21)17-6-7)18-11(20)8-3-1-2-4-10(8)19(22)23/h1-6H,(H,17,21)(H,18,20). The summed E-state index contributed by atoms with van der Waals surface area (Å²) < 4.78 is 37.8. The predicted molar refractivity (Wildman–Crippen MR) is 73.1 cm³/mol. The zero-order valence-corrected chi connectivity index (χ0v) is 11.2. The summed E-state index contributed by atoms with van der Waals surface area (Å²) in [6.45, 7) is 0. The van der Waals surface area contributed by atoms with Gasteiger partial charge in [0.2, 0.25) is 0 Å². The molecule has 0 aliphatic rings. The Bertz CT molecular complexity index is 830. The van der Waals surface area contributed by atoms with E-state index in [9.17, 15) is 32.9 Å². The van der Waals surface area contributed by atoms with Gasteiger partial charge in [0.1, 0.15) is 11.3 Å². The topological polar surface area (TPSA) is 105 Å². The lowest BCUT2D eigenvalue weighted by Gasteiger charge is -2.09. The number of carbonyl (C=O) groups is 1. The molecule has 0 unspecified atom stereocenters. The fourth-order valence-electron chi connectivity index (χ4n) is 1.75. The second-order valence-electron chi connectivity index (χ2n) is 4.36. The maximum absolute atomic E-state index is 12.6. The lowest BCUT2D eigenvalue weighted by atomic mass is 10.1. The van der Waals surface area contributed by atoms with E-state index >= 15 is 0 Å². The second kappa shape index (κ2) is 5.91. The highest BCUT2D eigenvalue weighted by Crippen LogP contribution is 2.29. The van der Waals surface area contributed by atoms with Crippen LogP contribution in [0.1, 0.15) is 15.9 Å². The molecule has 2 N–H and O–H groups in total. The maximum Gasteiger partial charge on any atom is 0.417 e. The summed E-state index contributed by atoms with van der Waals surface area (Å²) in [7, 11) is 0. The van der Waals surface area contributed by atoms with Crippen LogP contribution in [-0.2, 0) is 6.18 Å². The Morgan fingerprint density at radius 1 is 1.26 bits per heavy atom. The number of nitrogens with one attached hydrogen (secondary N) is 2. The number of alkyl halides is 3. The Balaban J connectivity index is 2.38. The fourth-order valence-corrected chi connectivity index (χ4v) is 1.75. The number of aromatic nitrogens is 1. The number of rotatable bonds is 3. The van der Waals surface area contributed by atoms with Crippen molar-refractivity contribution in [2.75, 3.05) is 5.32 Å². The number of H-pyrrole nitrogens is 1. The lowest BCUT2D eigenvalue weighted by molar-refractivity contribution is -0.385. The zero-order chi connectivity index (χ0) is 17.2. The second-order valence-corrected chi connectivity index (χ2v) is 4.36. The van der Waals surface area contributed by atoms with Gasteiger partial charge in [-0.15, -0.1) is 0 Å². The molecule has 120 valence electrons. The molecule has 1 amide bonds. The van der Waals surface area contributed by atoms with Crippen LogP contribution in [0.4, 0.5) is 24.5 Å². The first-order valence-electron chi connectivity index (χ1n) is 6.05. The molecule has 2 aromatic rings. The van der Waals surface area contributed by atoms with Crippen molar-refractivity contribution in [3.63, 3.8) is 0 Å². The number of nitro groups is 1. The van der Waals surface area contributed by atoms with Crippen LogP contribution in [0.25, 0.3) is 0 Å². The first-order valence-corrected chi connectivity index (χ1v) is 6.05. The summed E-state index contributed by atoms with van der Waals surface area (Å²) in [5.74, 6) is -1.07. The van der Waals surface area contributed by atoms with Gasteiger partial charge in [-0.3, -0.25) is 19.7 Å². The smallest absolute Gasteiger partial charge is 0.327 e. The SMILES string of the molecule is O=C(Nc1cc(C(F)(F)F)c[nH]c1=O)c1ccccc1[N+](=O)[O-]. The van der Waals surface area contributed by atoms with Crippen molar-refractivity contribution in [3.8, 4) is 0 Å². The quantitative estimate of drug-likeness (QED) is 0.667. The molecule has 1 aromatic heterocycles. The first-order chi connectivity index (χ1) is 10.7. The number of hydrogen-bond donors (Lipinski definition) is 2. The van der Waals surface area contributed by atoms with E-state index in [4.69, 9.17) is 0 Å².